The monoisotopic (exact) mass is 456 g/mol. The molecule has 1 spiro atoms. The van der Waals surface area contributed by atoms with Crippen LogP contribution in [-0.2, 0) is 31.3 Å². The second kappa shape index (κ2) is 7.11. The van der Waals surface area contributed by atoms with Crippen LogP contribution in [0.4, 0.5) is 10.1 Å². The van der Waals surface area contributed by atoms with Gasteiger partial charge in [-0.05, 0) is 35.9 Å². The van der Waals surface area contributed by atoms with Crippen molar-refractivity contribution in [3.63, 3.8) is 0 Å². The maximum Gasteiger partial charge on any atom is 0.250 e. The molecule has 32 heavy (non-hydrogen) atoms. The molecule has 2 aromatic carbocycles. The number of nitrogens with one attached hydrogen (secondary N) is 2. The van der Waals surface area contributed by atoms with E-state index in [1.54, 1.807) is 18.2 Å². The molecule has 2 saturated heterocycles. The van der Waals surface area contributed by atoms with E-state index in [-0.39, 0.29) is 13.0 Å². The number of carbonyl (C=O) groups is 4. The van der Waals surface area contributed by atoms with Gasteiger partial charge in [-0.1, -0.05) is 23.7 Å². The number of benzene rings is 2. The van der Waals surface area contributed by atoms with Crippen molar-refractivity contribution >= 4 is 40.9 Å². The third-order valence-corrected chi connectivity index (χ3v) is 6.68. The highest BCUT2D eigenvalue weighted by molar-refractivity contribution is 6.31. The molecule has 0 aliphatic carbocycles. The summed E-state index contributed by atoms with van der Waals surface area (Å²) in [4.78, 5) is 53.0. The van der Waals surface area contributed by atoms with Gasteiger partial charge in [0.2, 0.25) is 23.6 Å². The van der Waals surface area contributed by atoms with Crippen molar-refractivity contribution < 1.29 is 23.6 Å². The summed E-state index contributed by atoms with van der Waals surface area (Å²) < 4.78 is 13.3. The Kier molecular flexibility index (Phi) is 4.58. The minimum atomic E-state index is -1.56. The number of halogens is 2. The predicted molar refractivity (Wildman–Crippen MR) is 111 cm³/mol. The van der Waals surface area contributed by atoms with Gasteiger partial charge in [0, 0.05) is 28.7 Å². The number of amides is 4. The number of hydrogen-bond donors (Lipinski definition) is 3. The number of nitrogens with two attached hydrogens (primary N) is 1. The lowest BCUT2D eigenvalue weighted by Gasteiger charge is -2.29. The average Bonchev–Trinajstić information content (AvgIpc) is 3.30. The smallest absolute Gasteiger partial charge is 0.250 e. The Bertz CT molecular complexity index is 1190. The Balaban J connectivity index is 1.60. The van der Waals surface area contributed by atoms with Crippen molar-refractivity contribution in [1.82, 2.24) is 10.2 Å². The standard InChI is InChI=1S/C22H18ClFN4O4/c23-11-3-6-14-13(7-11)22(21(32)26-14)18-17(15(27-22)8-16(25)29)19(30)28(20(18)31)9-10-1-4-12(24)5-2-10/h1-7,15,17-18,27H,8-9H2,(H2,25,29)(H,26,32)/t15?,17-,18+,22?/m1/s1. The number of fused-ring (bicyclic) bond motifs is 4. The van der Waals surface area contributed by atoms with Gasteiger partial charge in [0.1, 0.15) is 11.4 Å². The summed E-state index contributed by atoms with van der Waals surface area (Å²) in [5.41, 5.74) is 5.32. The van der Waals surface area contributed by atoms with Gasteiger partial charge in [-0.25, -0.2) is 4.39 Å². The van der Waals surface area contributed by atoms with Gasteiger partial charge in [0.05, 0.1) is 18.4 Å². The lowest BCUT2D eigenvalue weighted by molar-refractivity contribution is -0.143. The Morgan fingerprint density at radius 3 is 2.53 bits per heavy atom. The molecular weight excluding hydrogens is 439 g/mol. The number of primary amides is 1. The normalized spacial score (nSPS) is 28.2. The van der Waals surface area contributed by atoms with E-state index in [1.165, 1.54) is 24.3 Å². The first-order chi connectivity index (χ1) is 15.2. The second-order valence-electron chi connectivity index (χ2n) is 8.27. The summed E-state index contributed by atoms with van der Waals surface area (Å²) in [6.45, 7) is -0.0751. The second-order valence-corrected chi connectivity index (χ2v) is 8.70. The van der Waals surface area contributed by atoms with E-state index in [1.807, 2.05) is 0 Å². The predicted octanol–water partition coefficient (Wildman–Crippen LogP) is 1.28. The summed E-state index contributed by atoms with van der Waals surface area (Å²) >= 11 is 6.18. The first-order valence-corrected chi connectivity index (χ1v) is 10.4. The quantitative estimate of drug-likeness (QED) is 0.598. The van der Waals surface area contributed by atoms with Crippen LogP contribution in [0.2, 0.25) is 5.02 Å². The van der Waals surface area contributed by atoms with E-state index in [0.717, 1.165) is 4.90 Å². The number of anilines is 1. The first-order valence-electron chi connectivity index (χ1n) is 9.99. The Morgan fingerprint density at radius 1 is 1.12 bits per heavy atom. The van der Waals surface area contributed by atoms with Crippen LogP contribution < -0.4 is 16.4 Å². The number of likely N-dealkylation sites (tertiary alicyclic amines) is 1. The fourth-order valence-electron chi connectivity index (χ4n) is 5.15. The van der Waals surface area contributed by atoms with Gasteiger partial charge in [-0.15, -0.1) is 0 Å². The van der Waals surface area contributed by atoms with Gasteiger partial charge in [0.25, 0.3) is 0 Å². The molecular formula is C22H18ClFN4O4. The number of nitrogens with zero attached hydrogens (tertiary/aromatic N) is 1. The van der Waals surface area contributed by atoms with Crippen molar-refractivity contribution in [2.24, 2.45) is 17.6 Å². The topological polar surface area (TPSA) is 122 Å². The fraction of sp³-hybridized carbons (Fsp3) is 0.273. The molecule has 3 aliphatic rings. The van der Waals surface area contributed by atoms with Gasteiger partial charge in [-0.2, -0.15) is 0 Å². The Morgan fingerprint density at radius 2 is 1.84 bits per heavy atom. The molecule has 164 valence electrons. The maximum absolute atomic E-state index is 13.6. The average molecular weight is 457 g/mol. The van der Waals surface area contributed by atoms with Crippen molar-refractivity contribution in [1.29, 1.82) is 0 Å². The fourth-order valence-corrected chi connectivity index (χ4v) is 5.33. The number of carbonyl (C=O) groups excluding carboxylic acids is 4. The lowest BCUT2D eigenvalue weighted by Crippen LogP contribution is -2.53. The van der Waals surface area contributed by atoms with Crippen LogP contribution in [0.3, 0.4) is 0 Å². The van der Waals surface area contributed by atoms with Crippen LogP contribution in [0.1, 0.15) is 17.5 Å². The molecule has 4 amide bonds. The molecule has 0 saturated carbocycles. The van der Waals surface area contributed by atoms with Crippen molar-refractivity contribution in [2.75, 3.05) is 5.32 Å². The minimum Gasteiger partial charge on any atom is -0.370 e. The van der Waals surface area contributed by atoms with Crippen LogP contribution in [-0.4, -0.2) is 34.6 Å². The van der Waals surface area contributed by atoms with E-state index in [2.05, 4.69) is 10.6 Å². The molecule has 5 rings (SSSR count). The van der Waals surface area contributed by atoms with Crippen LogP contribution in [0.15, 0.2) is 42.5 Å². The molecule has 8 nitrogen and oxygen atoms in total. The highest BCUT2D eigenvalue weighted by Gasteiger charge is 2.70. The number of hydrogen-bond acceptors (Lipinski definition) is 5. The molecule has 2 aromatic rings. The van der Waals surface area contributed by atoms with Crippen molar-refractivity contribution in [2.45, 2.75) is 24.5 Å². The molecule has 10 heteroatoms. The highest BCUT2D eigenvalue weighted by Crippen LogP contribution is 2.53. The molecule has 2 unspecified atom stereocenters. The summed E-state index contributed by atoms with van der Waals surface area (Å²) in [5, 5.41) is 6.20. The van der Waals surface area contributed by atoms with Crippen LogP contribution in [0, 0.1) is 17.7 Å². The zero-order chi connectivity index (χ0) is 22.8. The van der Waals surface area contributed by atoms with Crippen molar-refractivity contribution in [3.05, 3.63) is 64.4 Å². The third kappa shape index (κ3) is 2.85. The molecule has 2 fully saturated rings. The van der Waals surface area contributed by atoms with E-state index in [4.69, 9.17) is 17.3 Å². The molecule has 4 N–H and O–H groups in total. The summed E-state index contributed by atoms with van der Waals surface area (Å²) in [7, 11) is 0. The number of imide groups is 1. The molecule has 3 aliphatic heterocycles. The summed E-state index contributed by atoms with van der Waals surface area (Å²) in [6, 6.07) is 9.43. The largest absolute Gasteiger partial charge is 0.370 e. The summed E-state index contributed by atoms with van der Waals surface area (Å²) in [5.74, 6) is -4.71. The van der Waals surface area contributed by atoms with Gasteiger partial charge in [0.15, 0.2) is 0 Å². The Labute approximate surface area is 186 Å². The third-order valence-electron chi connectivity index (χ3n) is 6.44. The molecule has 0 bridgehead atoms. The molecule has 4 atom stereocenters. The van der Waals surface area contributed by atoms with E-state index >= 15 is 0 Å². The maximum atomic E-state index is 13.6. The van der Waals surface area contributed by atoms with E-state index < -0.39 is 52.9 Å². The van der Waals surface area contributed by atoms with Crippen molar-refractivity contribution in [3.8, 4) is 0 Å². The Hall–Kier alpha value is -3.30. The first kappa shape index (κ1) is 20.6. The van der Waals surface area contributed by atoms with Crippen LogP contribution in [0.5, 0.6) is 0 Å². The molecule has 0 aromatic heterocycles. The van der Waals surface area contributed by atoms with Crippen LogP contribution >= 0.6 is 11.6 Å². The molecule has 3 heterocycles. The number of rotatable bonds is 4. The van der Waals surface area contributed by atoms with Crippen LogP contribution in [0.25, 0.3) is 0 Å². The zero-order valence-corrected chi connectivity index (χ0v) is 17.4. The zero-order valence-electron chi connectivity index (χ0n) is 16.6. The van der Waals surface area contributed by atoms with E-state index in [0.29, 0.717) is 21.8 Å². The highest BCUT2D eigenvalue weighted by atomic mass is 35.5. The minimum absolute atomic E-state index is 0.0751. The van der Waals surface area contributed by atoms with Gasteiger partial charge < -0.3 is 11.1 Å². The molecule has 0 radical (unpaired) electrons. The van der Waals surface area contributed by atoms with Gasteiger partial charge >= 0.3 is 0 Å². The summed E-state index contributed by atoms with van der Waals surface area (Å²) in [6.07, 6.45) is -0.227. The SMILES string of the molecule is NC(=O)CC1NC2(C(=O)Nc3ccc(Cl)cc32)[C@@H]2C(=O)N(Cc3ccc(F)cc3)C(=O)[C@H]12. The van der Waals surface area contributed by atoms with E-state index in [9.17, 15) is 23.6 Å². The van der Waals surface area contributed by atoms with Gasteiger partial charge in [-0.3, -0.25) is 29.4 Å². The lowest BCUT2D eigenvalue weighted by atomic mass is 9.76.